The highest BCUT2D eigenvalue weighted by Gasteiger charge is 2.18. The summed E-state index contributed by atoms with van der Waals surface area (Å²) < 4.78 is 0. The molecular formula is C8H15NO5. The van der Waals surface area contributed by atoms with Gasteiger partial charge in [-0.15, -0.1) is 0 Å². The van der Waals surface area contributed by atoms with Gasteiger partial charge in [0.05, 0.1) is 6.10 Å². The second kappa shape index (κ2) is 6.33. The number of amides is 1. The third-order valence-corrected chi connectivity index (χ3v) is 1.64. The van der Waals surface area contributed by atoms with E-state index in [9.17, 15) is 14.7 Å². The van der Waals surface area contributed by atoms with E-state index in [0.717, 1.165) is 0 Å². The van der Waals surface area contributed by atoms with Gasteiger partial charge >= 0.3 is 5.97 Å². The summed E-state index contributed by atoms with van der Waals surface area (Å²) in [4.78, 5) is 20.9. The summed E-state index contributed by atoms with van der Waals surface area (Å²) in [6, 6.07) is 0. The van der Waals surface area contributed by atoms with Gasteiger partial charge in [-0.3, -0.25) is 4.79 Å². The molecule has 14 heavy (non-hydrogen) atoms. The van der Waals surface area contributed by atoms with Crippen molar-refractivity contribution in [3.05, 3.63) is 0 Å². The van der Waals surface area contributed by atoms with E-state index in [2.05, 4.69) is 5.32 Å². The zero-order chi connectivity index (χ0) is 11.1. The van der Waals surface area contributed by atoms with E-state index in [4.69, 9.17) is 10.2 Å². The predicted molar refractivity (Wildman–Crippen MR) is 47.6 cm³/mol. The SMILES string of the molecule is CCC(=O)NC[C@H](O)C[C@H](O)C(=O)O. The van der Waals surface area contributed by atoms with Gasteiger partial charge in [0, 0.05) is 19.4 Å². The Balaban J connectivity index is 3.70. The highest BCUT2D eigenvalue weighted by molar-refractivity contribution is 5.75. The molecule has 0 bridgehead atoms. The molecule has 0 aromatic rings. The van der Waals surface area contributed by atoms with Crippen molar-refractivity contribution in [3.63, 3.8) is 0 Å². The number of nitrogens with one attached hydrogen (secondary N) is 1. The van der Waals surface area contributed by atoms with Gasteiger partial charge in [-0.05, 0) is 0 Å². The van der Waals surface area contributed by atoms with Crippen LogP contribution < -0.4 is 5.32 Å². The van der Waals surface area contributed by atoms with E-state index in [1.165, 1.54) is 0 Å². The van der Waals surface area contributed by atoms with Crippen molar-refractivity contribution in [2.24, 2.45) is 0 Å². The van der Waals surface area contributed by atoms with Crippen molar-refractivity contribution in [3.8, 4) is 0 Å². The highest BCUT2D eigenvalue weighted by Crippen LogP contribution is 1.97. The van der Waals surface area contributed by atoms with Gasteiger partial charge in [0.2, 0.25) is 5.91 Å². The molecule has 6 heteroatoms. The Kier molecular flexibility index (Phi) is 5.82. The molecule has 4 N–H and O–H groups in total. The normalized spacial score (nSPS) is 14.5. The molecule has 0 radical (unpaired) electrons. The van der Waals surface area contributed by atoms with Crippen molar-refractivity contribution in [1.82, 2.24) is 5.32 Å². The van der Waals surface area contributed by atoms with Crippen LogP contribution in [0.15, 0.2) is 0 Å². The maximum Gasteiger partial charge on any atom is 0.332 e. The molecule has 0 rings (SSSR count). The maximum absolute atomic E-state index is 10.7. The van der Waals surface area contributed by atoms with E-state index in [1.807, 2.05) is 0 Å². The summed E-state index contributed by atoms with van der Waals surface area (Å²) in [5.41, 5.74) is 0. The smallest absolute Gasteiger partial charge is 0.332 e. The summed E-state index contributed by atoms with van der Waals surface area (Å²) in [6.07, 6.45) is -2.63. The average Bonchev–Trinajstić information content (AvgIpc) is 2.13. The number of hydrogen-bond donors (Lipinski definition) is 4. The van der Waals surface area contributed by atoms with Gasteiger partial charge in [-0.25, -0.2) is 4.79 Å². The number of carboxylic acid groups (broad SMARTS) is 1. The van der Waals surface area contributed by atoms with Crippen molar-refractivity contribution >= 4 is 11.9 Å². The first-order valence-electron chi connectivity index (χ1n) is 4.33. The van der Waals surface area contributed by atoms with Crippen LogP contribution in [0, 0.1) is 0 Å². The fraction of sp³-hybridized carbons (Fsp3) is 0.750. The van der Waals surface area contributed by atoms with Crippen LogP contribution in [0.5, 0.6) is 0 Å². The molecule has 0 fully saturated rings. The number of hydrogen-bond acceptors (Lipinski definition) is 4. The molecule has 0 aromatic carbocycles. The minimum atomic E-state index is -1.59. The van der Waals surface area contributed by atoms with Crippen LogP contribution in [0.3, 0.4) is 0 Å². The molecule has 0 aliphatic rings. The maximum atomic E-state index is 10.7. The molecule has 0 saturated carbocycles. The largest absolute Gasteiger partial charge is 0.479 e. The standard InChI is InChI=1S/C8H15NO5/c1-2-7(12)9-4-5(10)3-6(11)8(13)14/h5-6,10-11H,2-4H2,1H3,(H,9,12)(H,13,14)/t5-,6+/m1/s1. The van der Waals surface area contributed by atoms with Gasteiger partial charge in [-0.1, -0.05) is 6.92 Å². The zero-order valence-electron chi connectivity index (χ0n) is 7.93. The highest BCUT2D eigenvalue weighted by atomic mass is 16.4. The third-order valence-electron chi connectivity index (χ3n) is 1.64. The molecule has 0 aliphatic carbocycles. The van der Waals surface area contributed by atoms with E-state index in [0.29, 0.717) is 6.42 Å². The third kappa shape index (κ3) is 5.50. The van der Waals surface area contributed by atoms with Crippen molar-refractivity contribution in [2.45, 2.75) is 32.0 Å². The number of aliphatic hydroxyl groups is 2. The van der Waals surface area contributed by atoms with Gasteiger partial charge in [-0.2, -0.15) is 0 Å². The minimum Gasteiger partial charge on any atom is -0.479 e. The second-order valence-electron chi connectivity index (χ2n) is 2.90. The predicted octanol–water partition coefficient (Wildman–Crippen LogP) is -1.29. The van der Waals surface area contributed by atoms with E-state index in [-0.39, 0.29) is 18.9 Å². The van der Waals surface area contributed by atoms with E-state index >= 15 is 0 Å². The first-order valence-corrected chi connectivity index (χ1v) is 4.33. The molecule has 6 nitrogen and oxygen atoms in total. The van der Waals surface area contributed by atoms with Crippen LogP contribution in [0.25, 0.3) is 0 Å². The number of aliphatic hydroxyl groups excluding tert-OH is 2. The summed E-state index contributed by atoms with van der Waals surface area (Å²) >= 11 is 0. The quantitative estimate of drug-likeness (QED) is 0.431. The van der Waals surface area contributed by atoms with Gasteiger partial charge in [0.25, 0.3) is 0 Å². The van der Waals surface area contributed by atoms with Crippen molar-refractivity contribution in [1.29, 1.82) is 0 Å². The van der Waals surface area contributed by atoms with Gasteiger partial charge < -0.3 is 20.6 Å². The van der Waals surface area contributed by atoms with Gasteiger partial charge in [0.15, 0.2) is 6.10 Å². The van der Waals surface area contributed by atoms with Crippen molar-refractivity contribution < 1.29 is 24.9 Å². The Morgan fingerprint density at radius 3 is 2.36 bits per heavy atom. The number of carbonyl (C=O) groups excluding carboxylic acids is 1. The molecular weight excluding hydrogens is 190 g/mol. The Morgan fingerprint density at radius 1 is 1.36 bits per heavy atom. The summed E-state index contributed by atoms with van der Waals surface area (Å²) in [5, 5.41) is 28.7. The first kappa shape index (κ1) is 12.9. The van der Waals surface area contributed by atoms with E-state index < -0.39 is 18.2 Å². The zero-order valence-corrected chi connectivity index (χ0v) is 7.93. The number of rotatable bonds is 6. The fourth-order valence-corrected chi connectivity index (χ4v) is 0.799. The lowest BCUT2D eigenvalue weighted by Crippen LogP contribution is -2.35. The summed E-state index contributed by atoms with van der Waals surface area (Å²) in [5.74, 6) is -1.61. The molecule has 0 spiro atoms. The lowest BCUT2D eigenvalue weighted by Gasteiger charge is -2.12. The van der Waals surface area contributed by atoms with Crippen molar-refractivity contribution in [2.75, 3.05) is 6.54 Å². The van der Waals surface area contributed by atoms with Crippen LogP contribution in [-0.4, -0.2) is 45.9 Å². The molecule has 0 saturated heterocycles. The first-order chi connectivity index (χ1) is 6.47. The van der Waals surface area contributed by atoms with Crippen LogP contribution in [0.4, 0.5) is 0 Å². The topological polar surface area (TPSA) is 107 Å². The lowest BCUT2D eigenvalue weighted by atomic mass is 10.1. The van der Waals surface area contributed by atoms with Crippen LogP contribution in [0.2, 0.25) is 0 Å². The van der Waals surface area contributed by atoms with E-state index in [1.54, 1.807) is 6.92 Å². The number of aliphatic carboxylic acids is 1. The number of carboxylic acids is 1. The van der Waals surface area contributed by atoms with Crippen LogP contribution >= 0.6 is 0 Å². The molecule has 0 heterocycles. The van der Waals surface area contributed by atoms with Crippen LogP contribution in [-0.2, 0) is 9.59 Å². The fourth-order valence-electron chi connectivity index (χ4n) is 0.799. The Bertz CT molecular complexity index is 206. The Hall–Kier alpha value is -1.14. The second-order valence-corrected chi connectivity index (χ2v) is 2.90. The number of carbonyl (C=O) groups is 2. The summed E-state index contributed by atoms with van der Waals surface area (Å²) in [7, 11) is 0. The Morgan fingerprint density at radius 2 is 1.93 bits per heavy atom. The molecule has 0 aromatic heterocycles. The minimum absolute atomic E-state index is 0.0446. The monoisotopic (exact) mass is 205 g/mol. The van der Waals surface area contributed by atoms with Crippen LogP contribution in [0.1, 0.15) is 19.8 Å². The summed E-state index contributed by atoms with van der Waals surface area (Å²) in [6.45, 7) is 1.62. The molecule has 82 valence electrons. The lowest BCUT2D eigenvalue weighted by molar-refractivity contribution is -0.148. The Labute approximate surface area is 81.5 Å². The molecule has 0 aliphatic heterocycles. The average molecular weight is 205 g/mol. The molecule has 2 atom stereocenters. The molecule has 0 unspecified atom stereocenters. The molecule has 1 amide bonds. The van der Waals surface area contributed by atoms with Gasteiger partial charge in [0.1, 0.15) is 0 Å².